The Kier molecular flexibility index (Phi) is 6.07. The molecule has 114 valence electrons. The van der Waals surface area contributed by atoms with Crippen LogP contribution < -0.4 is 5.32 Å². The van der Waals surface area contributed by atoms with Gasteiger partial charge in [0.05, 0.1) is 6.61 Å². The van der Waals surface area contributed by atoms with Gasteiger partial charge in [-0.05, 0) is 35.8 Å². The number of amides is 1. The fourth-order valence-corrected chi connectivity index (χ4v) is 2.01. The summed E-state index contributed by atoms with van der Waals surface area (Å²) in [5.74, 6) is -0.347. The van der Waals surface area contributed by atoms with Crippen LogP contribution in [0.4, 0.5) is 13.2 Å². The molecule has 0 radical (unpaired) electrons. The average Bonchev–Trinajstić information content (AvgIpc) is 2.69. The van der Waals surface area contributed by atoms with Crippen molar-refractivity contribution in [2.75, 3.05) is 19.8 Å². The first-order valence-corrected chi connectivity index (χ1v) is 6.80. The van der Waals surface area contributed by atoms with E-state index < -0.39 is 12.8 Å². The molecule has 8 heteroatoms. The molecule has 0 aromatic carbocycles. The normalized spacial score (nSPS) is 11.9. The lowest BCUT2D eigenvalue weighted by atomic mass is 10.3. The molecule has 1 aromatic heterocycles. The van der Waals surface area contributed by atoms with E-state index in [2.05, 4.69) is 26.0 Å². The molecular weight excluding hydrogens is 341 g/mol. The van der Waals surface area contributed by atoms with E-state index in [9.17, 15) is 18.0 Å². The van der Waals surface area contributed by atoms with Crippen molar-refractivity contribution in [3.8, 4) is 0 Å². The van der Waals surface area contributed by atoms with Crippen molar-refractivity contribution >= 4 is 21.8 Å². The molecule has 0 fully saturated rings. The van der Waals surface area contributed by atoms with Crippen LogP contribution in [0.2, 0.25) is 0 Å². The van der Waals surface area contributed by atoms with E-state index in [1.807, 2.05) is 13.8 Å². The highest BCUT2D eigenvalue weighted by Gasteiger charge is 2.27. The van der Waals surface area contributed by atoms with Crippen LogP contribution in [-0.4, -0.2) is 36.4 Å². The molecule has 0 aliphatic heterocycles. The van der Waals surface area contributed by atoms with E-state index in [1.54, 1.807) is 16.8 Å². The first-order chi connectivity index (χ1) is 9.20. The molecule has 0 saturated carbocycles. The number of carbonyl (C=O) groups excluding carboxylic acids is 1. The molecule has 4 nitrogen and oxygen atoms in total. The minimum absolute atomic E-state index is 0.0236. The van der Waals surface area contributed by atoms with Gasteiger partial charge in [0.2, 0.25) is 0 Å². The van der Waals surface area contributed by atoms with Gasteiger partial charge in [-0.25, -0.2) is 0 Å². The standard InChI is InChI=1S/C12H16BrF3N2O2/c1-8(2)18-6-9(13)5-10(18)11(19)17-3-4-20-7-12(14,15)16/h5-6,8H,3-4,7H2,1-2H3,(H,17,19). The lowest BCUT2D eigenvalue weighted by Crippen LogP contribution is -2.30. The van der Waals surface area contributed by atoms with E-state index >= 15 is 0 Å². The third-order valence-electron chi connectivity index (χ3n) is 2.40. The zero-order valence-electron chi connectivity index (χ0n) is 11.1. The van der Waals surface area contributed by atoms with Crippen LogP contribution in [0.25, 0.3) is 0 Å². The number of nitrogens with zero attached hydrogens (tertiary/aromatic N) is 1. The largest absolute Gasteiger partial charge is 0.411 e. The van der Waals surface area contributed by atoms with Crippen molar-refractivity contribution in [1.82, 2.24) is 9.88 Å². The Balaban J connectivity index is 2.44. The van der Waals surface area contributed by atoms with Crippen molar-refractivity contribution < 1.29 is 22.7 Å². The van der Waals surface area contributed by atoms with Gasteiger partial charge in [-0.3, -0.25) is 4.79 Å². The van der Waals surface area contributed by atoms with Crippen LogP contribution in [0, 0.1) is 0 Å². The number of hydrogen-bond donors (Lipinski definition) is 1. The maximum Gasteiger partial charge on any atom is 0.411 e. The molecule has 1 amide bonds. The SMILES string of the molecule is CC(C)n1cc(Br)cc1C(=O)NCCOCC(F)(F)F. The molecule has 1 aromatic rings. The Hall–Kier alpha value is -1.02. The van der Waals surface area contributed by atoms with Gasteiger partial charge < -0.3 is 14.6 Å². The number of ether oxygens (including phenoxy) is 1. The molecule has 0 aliphatic carbocycles. The van der Waals surface area contributed by atoms with E-state index in [1.165, 1.54) is 0 Å². The van der Waals surface area contributed by atoms with Gasteiger partial charge in [0.15, 0.2) is 0 Å². The van der Waals surface area contributed by atoms with E-state index in [-0.39, 0.29) is 25.1 Å². The van der Waals surface area contributed by atoms with Crippen LogP contribution in [0.15, 0.2) is 16.7 Å². The number of halogens is 4. The van der Waals surface area contributed by atoms with Crippen molar-refractivity contribution in [2.45, 2.75) is 26.1 Å². The maximum atomic E-state index is 11.9. The van der Waals surface area contributed by atoms with Crippen molar-refractivity contribution in [1.29, 1.82) is 0 Å². The summed E-state index contributed by atoms with van der Waals surface area (Å²) in [4.78, 5) is 11.9. The number of carbonyl (C=O) groups is 1. The zero-order chi connectivity index (χ0) is 15.3. The van der Waals surface area contributed by atoms with Crippen LogP contribution in [-0.2, 0) is 4.74 Å². The van der Waals surface area contributed by atoms with E-state index in [0.29, 0.717) is 5.69 Å². The van der Waals surface area contributed by atoms with Gasteiger partial charge in [0.25, 0.3) is 5.91 Å². The summed E-state index contributed by atoms with van der Waals surface area (Å²) in [5, 5.41) is 2.52. The number of hydrogen-bond acceptors (Lipinski definition) is 2. The fourth-order valence-electron chi connectivity index (χ4n) is 1.57. The first kappa shape index (κ1) is 17.0. The summed E-state index contributed by atoms with van der Waals surface area (Å²) in [6.45, 7) is 2.38. The minimum Gasteiger partial charge on any atom is -0.370 e. The second kappa shape index (κ2) is 7.12. The molecule has 0 aliphatic rings. The van der Waals surface area contributed by atoms with Crippen LogP contribution in [0.5, 0.6) is 0 Å². The topological polar surface area (TPSA) is 43.3 Å². The molecular formula is C12H16BrF3N2O2. The molecule has 20 heavy (non-hydrogen) atoms. The Morgan fingerprint density at radius 1 is 1.50 bits per heavy atom. The summed E-state index contributed by atoms with van der Waals surface area (Å²) >= 11 is 3.28. The van der Waals surface area contributed by atoms with Crippen LogP contribution in [0.3, 0.4) is 0 Å². The van der Waals surface area contributed by atoms with Crippen molar-refractivity contribution in [3.05, 3.63) is 22.4 Å². The molecule has 1 N–H and O–H groups in total. The lowest BCUT2D eigenvalue weighted by molar-refractivity contribution is -0.173. The third kappa shape index (κ3) is 5.54. The summed E-state index contributed by atoms with van der Waals surface area (Å²) in [5.41, 5.74) is 0.447. The monoisotopic (exact) mass is 356 g/mol. The maximum absolute atomic E-state index is 11.9. The number of aromatic nitrogens is 1. The minimum atomic E-state index is -4.35. The van der Waals surface area contributed by atoms with Gasteiger partial charge >= 0.3 is 6.18 Å². The van der Waals surface area contributed by atoms with Gasteiger partial charge in [-0.15, -0.1) is 0 Å². The highest BCUT2D eigenvalue weighted by Crippen LogP contribution is 2.19. The van der Waals surface area contributed by atoms with E-state index in [0.717, 1.165) is 4.47 Å². The number of alkyl halides is 3. The quantitative estimate of drug-likeness (QED) is 0.795. The van der Waals surface area contributed by atoms with Crippen LogP contribution in [0.1, 0.15) is 30.4 Å². The molecule has 0 saturated heterocycles. The molecule has 0 atom stereocenters. The van der Waals surface area contributed by atoms with Crippen molar-refractivity contribution in [2.24, 2.45) is 0 Å². The van der Waals surface area contributed by atoms with Gasteiger partial charge in [-0.1, -0.05) is 0 Å². The average molecular weight is 357 g/mol. The predicted octanol–water partition coefficient (Wildman–Crippen LogP) is 3.14. The highest BCUT2D eigenvalue weighted by molar-refractivity contribution is 9.10. The summed E-state index contributed by atoms with van der Waals surface area (Å²) in [6.07, 6.45) is -2.57. The molecule has 1 rings (SSSR count). The Bertz CT molecular complexity index is 458. The van der Waals surface area contributed by atoms with Crippen LogP contribution >= 0.6 is 15.9 Å². The zero-order valence-corrected chi connectivity index (χ0v) is 12.7. The Labute approximate surface area is 123 Å². The smallest absolute Gasteiger partial charge is 0.370 e. The fraction of sp³-hybridized carbons (Fsp3) is 0.583. The summed E-state index contributed by atoms with van der Waals surface area (Å²) in [7, 11) is 0. The first-order valence-electron chi connectivity index (χ1n) is 6.01. The van der Waals surface area contributed by atoms with Gasteiger partial charge in [0.1, 0.15) is 12.3 Å². The molecule has 0 spiro atoms. The second-order valence-electron chi connectivity index (χ2n) is 4.47. The highest BCUT2D eigenvalue weighted by atomic mass is 79.9. The third-order valence-corrected chi connectivity index (χ3v) is 2.84. The van der Waals surface area contributed by atoms with Gasteiger partial charge in [0, 0.05) is 23.3 Å². The summed E-state index contributed by atoms with van der Waals surface area (Å²) in [6, 6.07) is 1.76. The molecule has 0 bridgehead atoms. The second-order valence-corrected chi connectivity index (χ2v) is 5.38. The van der Waals surface area contributed by atoms with Gasteiger partial charge in [-0.2, -0.15) is 13.2 Å². The molecule has 1 heterocycles. The Morgan fingerprint density at radius 2 is 2.15 bits per heavy atom. The number of nitrogens with one attached hydrogen (secondary N) is 1. The summed E-state index contributed by atoms with van der Waals surface area (Å²) < 4.78 is 42.4. The Morgan fingerprint density at radius 3 is 2.70 bits per heavy atom. The predicted molar refractivity (Wildman–Crippen MR) is 71.7 cm³/mol. The van der Waals surface area contributed by atoms with Crippen molar-refractivity contribution in [3.63, 3.8) is 0 Å². The molecule has 0 unspecified atom stereocenters. The lowest BCUT2D eigenvalue weighted by Gasteiger charge is -2.13. The van der Waals surface area contributed by atoms with E-state index in [4.69, 9.17) is 0 Å². The number of rotatable bonds is 6.